The maximum atomic E-state index is 13.0. The number of halogens is 2. The van der Waals surface area contributed by atoms with Gasteiger partial charge in [-0.3, -0.25) is 14.5 Å². The van der Waals surface area contributed by atoms with Gasteiger partial charge in [-0.25, -0.2) is 9.18 Å². The maximum Gasteiger partial charge on any atom is 0.338 e. The number of esters is 1. The molecule has 1 aliphatic heterocycles. The Balaban J connectivity index is 1.48. The molecule has 0 saturated carbocycles. The van der Waals surface area contributed by atoms with Crippen molar-refractivity contribution in [3.8, 4) is 0 Å². The number of amides is 2. The zero-order valence-corrected chi connectivity index (χ0v) is 16.4. The summed E-state index contributed by atoms with van der Waals surface area (Å²) < 4.78 is 18.2. The molecule has 5 nitrogen and oxygen atoms in total. The molecule has 3 aromatic rings. The highest BCUT2D eigenvalue weighted by Gasteiger charge is 2.36. The van der Waals surface area contributed by atoms with Crippen molar-refractivity contribution in [2.45, 2.75) is 13.2 Å². The number of rotatable bonds is 5. The molecule has 7 heteroatoms. The summed E-state index contributed by atoms with van der Waals surface area (Å²) in [4.78, 5) is 38.9. The first kappa shape index (κ1) is 19.8. The lowest BCUT2D eigenvalue weighted by molar-refractivity contribution is 0.0472. The second-order valence-electron chi connectivity index (χ2n) is 6.79. The summed E-state index contributed by atoms with van der Waals surface area (Å²) in [6, 6.07) is 16.7. The van der Waals surface area contributed by atoms with Crippen LogP contribution < -0.4 is 0 Å². The van der Waals surface area contributed by atoms with Crippen molar-refractivity contribution >= 4 is 29.4 Å². The minimum absolute atomic E-state index is 0.0359. The van der Waals surface area contributed by atoms with E-state index in [1.807, 2.05) is 0 Å². The Morgan fingerprint density at radius 2 is 1.50 bits per heavy atom. The summed E-state index contributed by atoms with van der Waals surface area (Å²) in [7, 11) is 0. The molecule has 2 amide bonds. The third kappa shape index (κ3) is 3.95. The normalized spacial score (nSPS) is 12.8. The first-order valence-corrected chi connectivity index (χ1v) is 9.46. The van der Waals surface area contributed by atoms with Crippen LogP contribution in [0.2, 0.25) is 5.02 Å². The molecule has 0 aliphatic carbocycles. The zero-order chi connectivity index (χ0) is 21.3. The molecular formula is C23H15ClFNO4. The van der Waals surface area contributed by atoms with Crippen molar-refractivity contribution in [1.82, 2.24) is 4.90 Å². The largest absolute Gasteiger partial charge is 0.457 e. The van der Waals surface area contributed by atoms with E-state index in [9.17, 15) is 18.8 Å². The molecule has 0 unspecified atom stereocenters. The quantitative estimate of drug-likeness (QED) is 0.443. The predicted molar refractivity (Wildman–Crippen MR) is 108 cm³/mol. The third-order valence-corrected chi connectivity index (χ3v) is 5.00. The Morgan fingerprint density at radius 1 is 0.867 bits per heavy atom. The molecule has 0 saturated heterocycles. The van der Waals surface area contributed by atoms with Crippen LogP contribution in [-0.2, 0) is 17.9 Å². The van der Waals surface area contributed by atoms with Crippen LogP contribution in [0.25, 0.3) is 0 Å². The van der Waals surface area contributed by atoms with Gasteiger partial charge in [-0.05, 0) is 53.6 Å². The molecule has 0 fully saturated rings. The standard InChI is InChI=1S/C23H15ClFNO4/c24-17-6-1-14(2-7-17)12-26-21(27)19-10-5-16(11-20(19)22(26)28)23(29)30-13-15-3-8-18(25)9-4-15/h1-11H,12-13H2. The molecule has 0 spiro atoms. The second kappa shape index (κ2) is 8.08. The van der Waals surface area contributed by atoms with Gasteiger partial charge in [0.25, 0.3) is 11.8 Å². The van der Waals surface area contributed by atoms with E-state index >= 15 is 0 Å². The lowest BCUT2D eigenvalue weighted by atomic mass is 10.1. The van der Waals surface area contributed by atoms with E-state index in [0.29, 0.717) is 10.6 Å². The lowest BCUT2D eigenvalue weighted by Gasteiger charge is -2.13. The van der Waals surface area contributed by atoms with Gasteiger partial charge >= 0.3 is 5.97 Å². The molecule has 0 atom stereocenters. The number of carbonyl (C=O) groups is 3. The Bertz CT molecular complexity index is 1140. The molecule has 4 rings (SSSR count). The average molecular weight is 424 g/mol. The number of ether oxygens (including phenoxy) is 1. The summed E-state index contributed by atoms with van der Waals surface area (Å²) >= 11 is 5.87. The minimum Gasteiger partial charge on any atom is -0.457 e. The SMILES string of the molecule is O=C(OCc1ccc(F)cc1)c1ccc2c(c1)C(=O)N(Cc1ccc(Cl)cc1)C2=O. The number of nitrogens with zero attached hydrogens (tertiary/aromatic N) is 1. The number of imide groups is 1. The summed E-state index contributed by atoms with van der Waals surface area (Å²) in [6.45, 7) is 0.0691. The van der Waals surface area contributed by atoms with E-state index in [1.54, 1.807) is 24.3 Å². The van der Waals surface area contributed by atoms with E-state index in [2.05, 4.69) is 0 Å². The topological polar surface area (TPSA) is 63.7 Å². The molecule has 0 N–H and O–H groups in total. The molecule has 0 bridgehead atoms. The molecule has 0 aromatic heterocycles. The average Bonchev–Trinajstić information content (AvgIpc) is 2.99. The van der Waals surface area contributed by atoms with Crippen LogP contribution in [0.1, 0.15) is 42.2 Å². The first-order chi connectivity index (χ1) is 14.4. The maximum absolute atomic E-state index is 13.0. The number of hydrogen-bond donors (Lipinski definition) is 0. The first-order valence-electron chi connectivity index (χ1n) is 9.08. The molecular weight excluding hydrogens is 409 g/mol. The summed E-state index contributed by atoms with van der Waals surface area (Å²) in [5.74, 6) is -1.91. The van der Waals surface area contributed by atoms with E-state index < -0.39 is 17.8 Å². The van der Waals surface area contributed by atoms with Crippen LogP contribution in [0, 0.1) is 5.82 Å². The molecule has 3 aromatic carbocycles. The number of carbonyl (C=O) groups excluding carboxylic acids is 3. The molecule has 0 radical (unpaired) electrons. The fourth-order valence-electron chi connectivity index (χ4n) is 3.15. The Hall–Kier alpha value is -3.51. The molecule has 30 heavy (non-hydrogen) atoms. The van der Waals surface area contributed by atoms with Gasteiger partial charge in [-0.2, -0.15) is 0 Å². The summed E-state index contributed by atoms with van der Waals surface area (Å²) in [5, 5.41) is 0.560. The molecule has 1 heterocycles. The van der Waals surface area contributed by atoms with Gasteiger partial charge in [0.1, 0.15) is 12.4 Å². The molecule has 150 valence electrons. The van der Waals surface area contributed by atoms with Crippen molar-refractivity contribution in [2.24, 2.45) is 0 Å². The van der Waals surface area contributed by atoms with E-state index in [0.717, 1.165) is 10.5 Å². The highest BCUT2D eigenvalue weighted by atomic mass is 35.5. The van der Waals surface area contributed by atoms with Gasteiger partial charge in [0.05, 0.1) is 23.2 Å². The van der Waals surface area contributed by atoms with Crippen molar-refractivity contribution in [1.29, 1.82) is 0 Å². The Kier molecular flexibility index (Phi) is 5.33. The second-order valence-corrected chi connectivity index (χ2v) is 7.22. The van der Waals surface area contributed by atoms with Gasteiger partial charge < -0.3 is 4.74 Å². The minimum atomic E-state index is -0.640. The van der Waals surface area contributed by atoms with Crippen molar-refractivity contribution in [3.05, 3.63) is 105 Å². The fourth-order valence-corrected chi connectivity index (χ4v) is 3.27. The summed E-state index contributed by atoms with van der Waals surface area (Å²) in [5.41, 5.74) is 1.94. The van der Waals surface area contributed by atoms with Crippen molar-refractivity contribution < 1.29 is 23.5 Å². The van der Waals surface area contributed by atoms with Crippen LogP contribution >= 0.6 is 11.6 Å². The van der Waals surface area contributed by atoms with E-state index in [1.165, 1.54) is 42.5 Å². The monoisotopic (exact) mass is 423 g/mol. The van der Waals surface area contributed by atoms with Gasteiger partial charge in [0, 0.05) is 5.02 Å². The van der Waals surface area contributed by atoms with Gasteiger partial charge in [-0.1, -0.05) is 35.9 Å². The van der Waals surface area contributed by atoms with Crippen molar-refractivity contribution in [2.75, 3.05) is 0 Å². The van der Waals surface area contributed by atoms with E-state index in [4.69, 9.17) is 16.3 Å². The zero-order valence-electron chi connectivity index (χ0n) is 15.6. The van der Waals surface area contributed by atoms with Crippen LogP contribution in [0.3, 0.4) is 0 Å². The third-order valence-electron chi connectivity index (χ3n) is 4.74. The van der Waals surface area contributed by atoms with E-state index in [-0.39, 0.29) is 35.7 Å². The Labute approximate surface area is 176 Å². The summed E-state index contributed by atoms with van der Waals surface area (Å²) in [6.07, 6.45) is 0. The van der Waals surface area contributed by atoms with Gasteiger partial charge in [0.2, 0.25) is 0 Å². The number of benzene rings is 3. The van der Waals surface area contributed by atoms with Crippen molar-refractivity contribution in [3.63, 3.8) is 0 Å². The van der Waals surface area contributed by atoms with Crippen LogP contribution in [0.4, 0.5) is 4.39 Å². The lowest BCUT2D eigenvalue weighted by Crippen LogP contribution is -2.29. The fraction of sp³-hybridized carbons (Fsp3) is 0.0870. The highest BCUT2D eigenvalue weighted by Crippen LogP contribution is 2.26. The van der Waals surface area contributed by atoms with Crippen LogP contribution in [-0.4, -0.2) is 22.7 Å². The molecule has 1 aliphatic rings. The van der Waals surface area contributed by atoms with Gasteiger partial charge in [-0.15, -0.1) is 0 Å². The smallest absolute Gasteiger partial charge is 0.338 e. The predicted octanol–water partition coefficient (Wildman–Crippen LogP) is 4.63. The van der Waals surface area contributed by atoms with Gasteiger partial charge in [0.15, 0.2) is 0 Å². The number of hydrogen-bond acceptors (Lipinski definition) is 4. The highest BCUT2D eigenvalue weighted by molar-refractivity contribution is 6.30. The van der Waals surface area contributed by atoms with Crippen LogP contribution in [0.5, 0.6) is 0 Å². The van der Waals surface area contributed by atoms with Crippen LogP contribution in [0.15, 0.2) is 66.7 Å². The number of fused-ring (bicyclic) bond motifs is 1. The Morgan fingerprint density at radius 3 is 2.20 bits per heavy atom.